The Bertz CT molecular complexity index is 464. The molecule has 0 atom stereocenters. The molecule has 0 saturated heterocycles. The summed E-state index contributed by atoms with van der Waals surface area (Å²) in [5, 5.41) is 4.46. The summed E-state index contributed by atoms with van der Waals surface area (Å²) < 4.78 is 62.4. The zero-order valence-corrected chi connectivity index (χ0v) is 10.6. The predicted octanol–water partition coefficient (Wildman–Crippen LogP) is 3.08. The molecule has 0 aliphatic carbocycles. The summed E-state index contributed by atoms with van der Waals surface area (Å²) in [7, 11) is 1.32. The quantitative estimate of drug-likeness (QED) is 0.647. The molecule has 0 heterocycles. The van der Waals surface area contributed by atoms with Crippen LogP contribution >= 0.6 is 0 Å². The first kappa shape index (κ1) is 16.2. The number of carbonyl (C=O) groups excluding carboxylic acids is 1. The van der Waals surface area contributed by atoms with Gasteiger partial charge in [0.15, 0.2) is 0 Å². The Kier molecular flexibility index (Phi) is 5.29. The first-order valence-electron chi connectivity index (χ1n) is 5.76. The van der Waals surface area contributed by atoms with E-state index in [1.54, 1.807) is 0 Å². The van der Waals surface area contributed by atoms with Gasteiger partial charge in [-0.3, -0.25) is 4.79 Å². The largest absolute Gasteiger partial charge is 0.389 e. The maximum absolute atomic E-state index is 13.4. The molecule has 1 rings (SSSR count). The number of anilines is 1. The van der Waals surface area contributed by atoms with Crippen molar-refractivity contribution in [1.82, 2.24) is 5.32 Å². The molecule has 0 unspecified atom stereocenters. The Hall–Kier alpha value is -1.86. The molecule has 1 aromatic carbocycles. The number of carbonyl (C=O) groups is 1. The third-order valence-corrected chi connectivity index (χ3v) is 2.48. The molecule has 1 amide bonds. The molecule has 0 aromatic heterocycles. The lowest BCUT2D eigenvalue weighted by atomic mass is 10.1. The average Bonchev–Trinajstić information content (AvgIpc) is 2.32. The zero-order valence-electron chi connectivity index (χ0n) is 10.6. The van der Waals surface area contributed by atoms with Crippen molar-refractivity contribution in [2.75, 3.05) is 18.9 Å². The summed E-state index contributed by atoms with van der Waals surface area (Å²) in [6.07, 6.45) is -5.62. The van der Waals surface area contributed by atoms with Gasteiger partial charge in [-0.2, -0.15) is 13.2 Å². The van der Waals surface area contributed by atoms with Crippen LogP contribution in [-0.2, 0) is 0 Å². The monoisotopic (exact) mass is 296 g/mol. The minimum atomic E-state index is -4.29. The topological polar surface area (TPSA) is 41.1 Å². The van der Waals surface area contributed by atoms with Crippen LogP contribution in [0.2, 0.25) is 0 Å². The van der Waals surface area contributed by atoms with Crippen LogP contribution in [0.3, 0.4) is 0 Å². The van der Waals surface area contributed by atoms with Crippen molar-refractivity contribution < 1.29 is 26.7 Å². The molecule has 20 heavy (non-hydrogen) atoms. The number of hydrogen-bond acceptors (Lipinski definition) is 2. The fraction of sp³-hybridized carbons (Fsp3) is 0.417. The van der Waals surface area contributed by atoms with Gasteiger partial charge >= 0.3 is 6.18 Å². The highest BCUT2D eigenvalue weighted by Crippen LogP contribution is 2.21. The van der Waals surface area contributed by atoms with Crippen molar-refractivity contribution in [1.29, 1.82) is 0 Å². The molecule has 0 spiro atoms. The number of nitrogens with one attached hydrogen (secondary N) is 2. The molecule has 0 aliphatic heterocycles. The summed E-state index contributed by atoms with van der Waals surface area (Å²) >= 11 is 0. The van der Waals surface area contributed by atoms with Crippen molar-refractivity contribution in [3.8, 4) is 0 Å². The molecule has 112 valence electrons. The van der Waals surface area contributed by atoms with Crippen LogP contribution in [0.1, 0.15) is 23.2 Å². The third-order valence-electron chi connectivity index (χ3n) is 2.48. The number of alkyl halides is 3. The average molecular weight is 296 g/mol. The number of halogens is 5. The van der Waals surface area contributed by atoms with Crippen LogP contribution in [0.4, 0.5) is 27.6 Å². The van der Waals surface area contributed by atoms with Crippen LogP contribution in [0.25, 0.3) is 0 Å². The standard InChI is InChI=1S/C12H13F5N2O/c1-18-10-8(13)5-7(6-9(10)14)11(20)19-4-2-3-12(15,16)17/h5-6,18H,2-4H2,1H3,(H,19,20). The van der Waals surface area contributed by atoms with E-state index in [4.69, 9.17) is 0 Å². The second kappa shape index (κ2) is 6.53. The molecule has 1 aromatic rings. The van der Waals surface area contributed by atoms with E-state index >= 15 is 0 Å². The van der Waals surface area contributed by atoms with Gasteiger partial charge in [0.1, 0.15) is 17.3 Å². The fourth-order valence-corrected chi connectivity index (χ4v) is 1.54. The number of rotatable bonds is 5. The van der Waals surface area contributed by atoms with E-state index in [1.165, 1.54) is 7.05 Å². The smallest absolute Gasteiger partial charge is 0.383 e. The van der Waals surface area contributed by atoms with Crippen LogP contribution in [0.5, 0.6) is 0 Å². The summed E-state index contributed by atoms with van der Waals surface area (Å²) in [5.41, 5.74) is -0.662. The van der Waals surface area contributed by atoms with Crippen LogP contribution < -0.4 is 10.6 Å². The molecule has 0 fully saturated rings. The lowest BCUT2D eigenvalue weighted by Gasteiger charge is -2.09. The first-order valence-corrected chi connectivity index (χ1v) is 5.76. The summed E-state index contributed by atoms with van der Waals surface area (Å²) in [6.45, 7) is -0.227. The van der Waals surface area contributed by atoms with E-state index in [2.05, 4.69) is 10.6 Å². The lowest BCUT2D eigenvalue weighted by molar-refractivity contribution is -0.135. The Balaban J connectivity index is 2.60. The van der Waals surface area contributed by atoms with Crippen molar-refractivity contribution >= 4 is 11.6 Å². The van der Waals surface area contributed by atoms with E-state index in [0.29, 0.717) is 0 Å². The van der Waals surface area contributed by atoms with E-state index < -0.39 is 30.1 Å². The van der Waals surface area contributed by atoms with Gasteiger partial charge in [0.05, 0.1) is 0 Å². The van der Waals surface area contributed by atoms with Crippen molar-refractivity contribution in [2.24, 2.45) is 0 Å². The lowest BCUT2D eigenvalue weighted by Crippen LogP contribution is -2.26. The fourth-order valence-electron chi connectivity index (χ4n) is 1.54. The molecule has 0 bridgehead atoms. The molecular weight excluding hydrogens is 283 g/mol. The van der Waals surface area contributed by atoms with Gasteiger partial charge in [-0.1, -0.05) is 0 Å². The van der Waals surface area contributed by atoms with E-state index in [-0.39, 0.29) is 24.2 Å². The highest BCUT2D eigenvalue weighted by atomic mass is 19.4. The molecular formula is C12H13F5N2O. The van der Waals surface area contributed by atoms with Crippen LogP contribution in [-0.4, -0.2) is 25.7 Å². The van der Waals surface area contributed by atoms with Crippen molar-refractivity contribution in [2.45, 2.75) is 19.0 Å². The molecule has 0 aliphatic rings. The Labute approximate surface area is 112 Å². The van der Waals surface area contributed by atoms with Crippen molar-refractivity contribution in [3.05, 3.63) is 29.3 Å². The maximum atomic E-state index is 13.4. The SMILES string of the molecule is CNc1c(F)cc(C(=O)NCCCC(F)(F)F)cc1F. The highest BCUT2D eigenvalue weighted by molar-refractivity contribution is 5.94. The number of hydrogen-bond donors (Lipinski definition) is 2. The molecule has 3 nitrogen and oxygen atoms in total. The first-order chi connectivity index (χ1) is 9.24. The molecule has 0 saturated carbocycles. The minimum Gasteiger partial charge on any atom is -0.383 e. The van der Waals surface area contributed by atoms with E-state index in [9.17, 15) is 26.7 Å². The Morgan fingerprint density at radius 2 is 1.75 bits per heavy atom. The van der Waals surface area contributed by atoms with Gasteiger partial charge in [0.2, 0.25) is 0 Å². The van der Waals surface area contributed by atoms with Crippen molar-refractivity contribution in [3.63, 3.8) is 0 Å². The zero-order chi connectivity index (χ0) is 15.3. The van der Waals surface area contributed by atoms with Gasteiger partial charge < -0.3 is 10.6 Å². The van der Waals surface area contributed by atoms with E-state index in [0.717, 1.165) is 12.1 Å². The minimum absolute atomic E-state index is 0.227. The molecule has 2 N–H and O–H groups in total. The summed E-state index contributed by atoms with van der Waals surface area (Å²) in [5.74, 6) is -2.73. The van der Waals surface area contributed by atoms with Gasteiger partial charge in [0.25, 0.3) is 5.91 Å². The summed E-state index contributed by atoms with van der Waals surface area (Å²) in [6, 6.07) is 1.63. The predicted molar refractivity (Wildman–Crippen MR) is 63.5 cm³/mol. The Morgan fingerprint density at radius 1 is 1.20 bits per heavy atom. The van der Waals surface area contributed by atoms with Crippen LogP contribution in [0.15, 0.2) is 12.1 Å². The second-order valence-corrected chi connectivity index (χ2v) is 4.04. The summed E-state index contributed by atoms with van der Waals surface area (Å²) in [4.78, 5) is 11.5. The normalized spacial score (nSPS) is 11.3. The Morgan fingerprint density at radius 3 is 2.20 bits per heavy atom. The van der Waals surface area contributed by atoms with Gasteiger partial charge in [-0.25, -0.2) is 8.78 Å². The maximum Gasteiger partial charge on any atom is 0.389 e. The number of amides is 1. The molecule has 0 radical (unpaired) electrons. The second-order valence-electron chi connectivity index (χ2n) is 4.04. The van der Waals surface area contributed by atoms with Crippen LogP contribution in [0, 0.1) is 11.6 Å². The van der Waals surface area contributed by atoms with Gasteiger partial charge in [-0.15, -0.1) is 0 Å². The highest BCUT2D eigenvalue weighted by Gasteiger charge is 2.26. The molecule has 8 heteroatoms. The number of benzene rings is 1. The van der Waals surface area contributed by atoms with Gasteiger partial charge in [0, 0.05) is 25.6 Å². The third kappa shape index (κ3) is 4.67. The van der Waals surface area contributed by atoms with E-state index in [1.807, 2.05) is 0 Å². The van der Waals surface area contributed by atoms with Gasteiger partial charge in [-0.05, 0) is 18.6 Å².